The highest BCUT2D eigenvalue weighted by molar-refractivity contribution is 5.42. The van der Waals surface area contributed by atoms with E-state index in [0.717, 1.165) is 38.2 Å². The molecule has 1 aromatic rings. The fourth-order valence-electron chi connectivity index (χ4n) is 3.08. The first-order valence-corrected chi connectivity index (χ1v) is 8.18. The van der Waals surface area contributed by atoms with Crippen molar-refractivity contribution in [2.75, 3.05) is 33.3 Å². The van der Waals surface area contributed by atoms with E-state index in [1.165, 1.54) is 19.2 Å². The molecule has 1 N–H and O–H groups in total. The van der Waals surface area contributed by atoms with Gasteiger partial charge in [0.2, 0.25) is 0 Å². The van der Waals surface area contributed by atoms with E-state index in [-0.39, 0.29) is 11.8 Å². The van der Waals surface area contributed by atoms with Crippen LogP contribution in [0.2, 0.25) is 0 Å². The molecular weight excluding hydrogens is 321 g/mol. The normalized spacial score (nSPS) is 17.8. The fraction of sp³-hybridized carbons (Fsp3) is 0.647. The van der Waals surface area contributed by atoms with Crippen LogP contribution in [0.3, 0.4) is 0 Å². The minimum absolute atomic E-state index is 0.113. The first kappa shape index (κ1) is 18.9. The molecule has 0 aromatic heterocycles. The van der Waals surface area contributed by atoms with E-state index >= 15 is 0 Å². The molecule has 7 heteroatoms. The van der Waals surface area contributed by atoms with Gasteiger partial charge in [-0.1, -0.05) is 19.9 Å². The van der Waals surface area contributed by atoms with Gasteiger partial charge in [-0.25, -0.2) is 0 Å². The highest BCUT2D eigenvalue weighted by Gasteiger charge is 2.32. The van der Waals surface area contributed by atoms with Crippen LogP contribution in [-0.2, 0) is 0 Å². The van der Waals surface area contributed by atoms with Gasteiger partial charge in [-0.2, -0.15) is 0 Å². The van der Waals surface area contributed by atoms with Crippen molar-refractivity contribution in [1.82, 2.24) is 10.2 Å². The number of piperazine rings is 1. The highest BCUT2D eigenvalue weighted by atomic mass is 19.4. The van der Waals surface area contributed by atoms with E-state index in [9.17, 15) is 13.2 Å². The summed E-state index contributed by atoms with van der Waals surface area (Å²) >= 11 is 0. The number of halogens is 3. The SMILES string of the molecule is COc1cc(OC(F)(F)F)ccc1[C@@H](CC(C)C)N1CCNCC1. The molecule has 1 aliphatic heterocycles. The second-order valence-corrected chi connectivity index (χ2v) is 6.38. The molecule has 136 valence electrons. The third-order valence-corrected chi connectivity index (χ3v) is 4.08. The van der Waals surface area contributed by atoms with Gasteiger partial charge in [0.05, 0.1) is 7.11 Å². The lowest BCUT2D eigenvalue weighted by atomic mass is 9.94. The number of alkyl halides is 3. The van der Waals surface area contributed by atoms with Crippen LogP contribution < -0.4 is 14.8 Å². The van der Waals surface area contributed by atoms with Gasteiger partial charge < -0.3 is 14.8 Å². The molecule has 2 rings (SSSR count). The molecule has 1 aromatic carbocycles. The van der Waals surface area contributed by atoms with Crippen molar-refractivity contribution in [2.24, 2.45) is 5.92 Å². The summed E-state index contributed by atoms with van der Waals surface area (Å²) in [6.07, 6.45) is -3.79. The van der Waals surface area contributed by atoms with Crippen LogP contribution in [0.15, 0.2) is 18.2 Å². The Bertz CT molecular complexity index is 529. The predicted molar refractivity (Wildman–Crippen MR) is 86.3 cm³/mol. The summed E-state index contributed by atoms with van der Waals surface area (Å²) in [4.78, 5) is 2.36. The minimum Gasteiger partial charge on any atom is -0.496 e. The number of hydrogen-bond donors (Lipinski definition) is 1. The number of benzene rings is 1. The molecule has 0 aliphatic carbocycles. The highest BCUT2D eigenvalue weighted by Crippen LogP contribution is 2.37. The van der Waals surface area contributed by atoms with E-state index in [1.54, 1.807) is 6.07 Å². The minimum atomic E-state index is -4.71. The Labute approximate surface area is 140 Å². The smallest absolute Gasteiger partial charge is 0.496 e. The Balaban J connectivity index is 2.30. The summed E-state index contributed by atoms with van der Waals surface area (Å²) in [5.74, 6) is 0.633. The second kappa shape index (κ2) is 8.07. The van der Waals surface area contributed by atoms with Gasteiger partial charge in [-0.3, -0.25) is 4.90 Å². The summed E-state index contributed by atoms with van der Waals surface area (Å²) in [5.41, 5.74) is 0.905. The van der Waals surface area contributed by atoms with E-state index < -0.39 is 6.36 Å². The Hall–Kier alpha value is -1.47. The van der Waals surface area contributed by atoms with Crippen LogP contribution in [0.25, 0.3) is 0 Å². The zero-order valence-electron chi connectivity index (χ0n) is 14.3. The molecule has 0 radical (unpaired) electrons. The van der Waals surface area contributed by atoms with Crippen molar-refractivity contribution in [3.8, 4) is 11.5 Å². The van der Waals surface area contributed by atoms with Crippen molar-refractivity contribution in [3.63, 3.8) is 0 Å². The van der Waals surface area contributed by atoms with Crippen molar-refractivity contribution in [2.45, 2.75) is 32.7 Å². The van der Waals surface area contributed by atoms with Crippen LogP contribution in [0.1, 0.15) is 31.9 Å². The summed E-state index contributed by atoms with van der Waals surface area (Å²) in [7, 11) is 1.47. The van der Waals surface area contributed by atoms with Crippen LogP contribution in [0.4, 0.5) is 13.2 Å². The van der Waals surface area contributed by atoms with E-state index in [4.69, 9.17) is 4.74 Å². The Morgan fingerprint density at radius 3 is 2.42 bits per heavy atom. The number of rotatable bonds is 6. The lowest BCUT2D eigenvalue weighted by Crippen LogP contribution is -2.45. The van der Waals surface area contributed by atoms with Gasteiger partial charge in [-0.15, -0.1) is 13.2 Å². The molecule has 0 spiro atoms. The number of hydrogen-bond acceptors (Lipinski definition) is 4. The average molecular weight is 346 g/mol. The molecular formula is C17H25F3N2O2. The van der Waals surface area contributed by atoms with Gasteiger partial charge in [-0.05, 0) is 18.4 Å². The molecule has 1 aliphatic rings. The number of nitrogens with one attached hydrogen (secondary N) is 1. The maximum Gasteiger partial charge on any atom is 0.573 e. The van der Waals surface area contributed by atoms with Crippen molar-refractivity contribution >= 4 is 0 Å². The molecule has 0 unspecified atom stereocenters. The molecule has 1 heterocycles. The molecule has 4 nitrogen and oxygen atoms in total. The quantitative estimate of drug-likeness (QED) is 0.854. The Morgan fingerprint density at radius 2 is 1.88 bits per heavy atom. The maximum atomic E-state index is 12.4. The first-order valence-electron chi connectivity index (χ1n) is 8.18. The molecule has 24 heavy (non-hydrogen) atoms. The van der Waals surface area contributed by atoms with Crippen LogP contribution in [0, 0.1) is 5.92 Å². The van der Waals surface area contributed by atoms with Gasteiger partial charge >= 0.3 is 6.36 Å². The van der Waals surface area contributed by atoms with E-state index in [2.05, 4.69) is 28.8 Å². The Kier molecular flexibility index (Phi) is 6.34. The van der Waals surface area contributed by atoms with Gasteiger partial charge in [0, 0.05) is 43.9 Å². The zero-order valence-corrected chi connectivity index (χ0v) is 14.3. The molecule has 1 fully saturated rings. The van der Waals surface area contributed by atoms with Gasteiger partial charge in [0.15, 0.2) is 0 Å². The number of methoxy groups -OCH3 is 1. The molecule has 0 bridgehead atoms. The molecule has 0 amide bonds. The van der Waals surface area contributed by atoms with Crippen LogP contribution in [0.5, 0.6) is 11.5 Å². The summed E-state index contributed by atoms with van der Waals surface area (Å²) in [6, 6.07) is 4.48. The standard InChI is InChI=1S/C17H25F3N2O2/c1-12(2)10-15(22-8-6-21-7-9-22)14-5-4-13(11-16(14)23-3)24-17(18,19)20/h4-5,11-12,15,21H,6-10H2,1-3H3/t15-/m1/s1. The number of nitrogens with zero attached hydrogens (tertiary/aromatic N) is 1. The summed E-state index contributed by atoms with van der Waals surface area (Å²) in [5, 5.41) is 3.32. The first-order chi connectivity index (χ1) is 11.3. The predicted octanol–water partition coefficient (Wildman–Crippen LogP) is 3.59. The van der Waals surface area contributed by atoms with Gasteiger partial charge in [0.1, 0.15) is 11.5 Å². The molecule has 1 saturated heterocycles. The lowest BCUT2D eigenvalue weighted by Gasteiger charge is -2.36. The lowest BCUT2D eigenvalue weighted by molar-refractivity contribution is -0.274. The van der Waals surface area contributed by atoms with E-state index in [0.29, 0.717) is 11.7 Å². The van der Waals surface area contributed by atoms with Crippen LogP contribution in [-0.4, -0.2) is 44.6 Å². The Morgan fingerprint density at radius 1 is 1.21 bits per heavy atom. The zero-order chi connectivity index (χ0) is 17.7. The molecule has 0 saturated carbocycles. The van der Waals surface area contributed by atoms with E-state index in [1.807, 2.05) is 0 Å². The average Bonchev–Trinajstić information content (AvgIpc) is 2.52. The third kappa shape index (κ3) is 5.27. The third-order valence-electron chi connectivity index (χ3n) is 4.08. The number of ether oxygens (including phenoxy) is 2. The second-order valence-electron chi connectivity index (χ2n) is 6.38. The maximum absolute atomic E-state index is 12.4. The summed E-state index contributed by atoms with van der Waals surface area (Å²) < 4.78 is 46.6. The molecule has 1 atom stereocenters. The monoisotopic (exact) mass is 346 g/mol. The topological polar surface area (TPSA) is 33.7 Å². The van der Waals surface area contributed by atoms with Crippen molar-refractivity contribution < 1.29 is 22.6 Å². The summed E-state index contributed by atoms with van der Waals surface area (Å²) in [6.45, 7) is 7.91. The van der Waals surface area contributed by atoms with Gasteiger partial charge in [0.25, 0.3) is 0 Å². The van der Waals surface area contributed by atoms with Crippen molar-refractivity contribution in [3.05, 3.63) is 23.8 Å². The van der Waals surface area contributed by atoms with Crippen LogP contribution >= 0.6 is 0 Å². The fourth-order valence-corrected chi connectivity index (χ4v) is 3.08. The largest absolute Gasteiger partial charge is 0.573 e. The van der Waals surface area contributed by atoms with Crippen molar-refractivity contribution in [1.29, 1.82) is 0 Å².